The lowest BCUT2D eigenvalue weighted by Crippen LogP contribution is -2.10. The molecule has 0 amide bonds. The summed E-state index contributed by atoms with van der Waals surface area (Å²) in [5, 5.41) is 11.9. The fourth-order valence-electron chi connectivity index (χ4n) is 1.11. The standard InChI is InChI=1S/C11H13BrN2/c1-8(6-13)7-14-11-5-3-4-10(12)9(11)2/h3-5,8,14H,7H2,1-2H3. The molecule has 0 fully saturated rings. The van der Waals surface area contributed by atoms with Gasteiger partial charge >= 0.3 is 0 Å². The fraction of sp³-hybridized carbons (Fsp3) is 0.364. The summed E-state index contributed by atoms with van der Waals surface area (Å²) in [7, 11) is 0. The summed E-state index contributed by atoms with van der Waals surface area (Å²) < 4.78 is 1.09. The van der Waals surface area contributed by atoms with Crippen molar-refractivity contribution in [3.63, 3.8) is 0 Å². The SMILES string of the molecule is Cc1c(Br)cccc1NCC(C)C#N. The molecule has 0 aliphatic heterocycles. The van der Waals surface area contributed by atoms with Crippen LogP contribution in [-0.2, 0) is 0 Å². The summed E-state index contributed by atoms with van der Waals surface area (Å²) in [6.07, 6.45) is 0. The second kappa shape index (κ2) is 5.02. The molecule has 1 atom stereocenters. The van der Waals surface area contributed by atoms with Crippen LogP contribution in [0.3, 0.4) is 0 Å². The van der Waals surface area contributed by atoms with Gasteiger partial charge in [-0.15, -0.1) is 0 Å². The number of nitrogens with one attached hydrogen (secondary N) is 1. The lowest BCUT2D eigenvalue weighted by Gasteiger charge is -2.11. The number of nitrogens with zero attached hydrogens (tertiary/aromatic N) is 1. The first-order valence-corrected chi connectivity index (χ1v) is 5.33. The molecule has 1 aromatic rings. The van der Waals surface area contributed by atoms with Gasteiger partial charge in [0, 0.05) is 16.7 Å². The molecule has 1 unspecified atom stereocenters. The number of hydrogen-bond donors (Lipinski definition) is 1. The molecule has 0 aromatic heterocycles. The van der Waals surface area contributed by atoms with E-state index in [1.165, 1.54) is 5.56 Å². The van der Waals surface area contributed by atoms with Crippen LogP contribution < -0.4 is 5.32 Å². The van der Waals surface area contributed by atoms with Gasteiger partial charge in [-0.1, -0.05) is 22.0 Å². The summed E-state index contributed by atoms with van der Waals surface area (Å²) in [4.78, 5) is 0. The zero-order valence-corrected chi connectivity index (χ0v) is 9.93. The van der Waals surface area contributed by atoms with Crippen LogP contribution in [0.5, 0.6) is 0 Å². The number of anilines is 1. The molecule has 2 nitrogen and oxygen atoms in total. The van der Waals surface area contributed by atoms with Crippen molar-refractivity contribution in [3.05, 3.63) is 28.2 Å². The summed E-state index contributed by atoms with van der Waals surface area (Å²) in [5.41, 5.74) is 2.26. The largest absolute Gasteiger partial charge is 0.383 e. The predicted molar refractivity (Wildman–Crippen MR) is 62.1 cm³/mol. The molecule has 74 valence electrons. The van der Waals surface area contributed by atoms with Gasteiger partial charge in [0.15, 0.2) is 0 Å². The minimum Gasteiger partial charge on any atom is -0.383 e. The average Bonchev–Trinajstić information content (AvgIpc) is 2.20. The number of benzene rings is 1. The van der Waals surface area contributed by atoms with Crippen molar-refractivity contribution in [1.29, 1.82) is 5.26 Å². The Morgan fingerprint density at radius 2 is 2.29 bits per heavy atom. The topological polar surface area (TPSA) is 35.8 Å². The van der Waals surface area contributed by atoms with Gasteiger partial charge in [0.05, 0.1) is 12.0 Å². The van der Waals surface area contributed by atoms with E-state index < -0.39 is 0 Å². The maximum absolute atomic E-state index is 8.64. The molecule has 1 aromatic carbocycles. The van der Waals surface area contributed by atoms with Crippen LogP contribution in [-0.4, -0.2) is 6.54 Å². The molecule has 0 bridgehead atoms. The molecule has 1 N–H and O–H groups in total. The lowest BCUT2D eigenvalue weighted by molar-refractivity contribution is 0.785. The Morgan fingerprint density at radius 1 is 1.57 bits per heavy atom. The van der Waals surface area contributed by atoms with Crippen molar-refractivity contribution in [2.45, 2.75) is 13.8 Å². The van der Waals surface area contributed by atoms with Gasteiger partial charge < -0.3 is 5.32 Å². The van der Waals surface area contributed by atoms with Crippen LogP contribution in [0.1, 0.15) is 12.5 Å². The van der Waals surface area contributed by atoms with Crippen molar-refractivity contribution in [2.24, 2.45) is 5.92 Å². The maximum atomic E-state index is 8.64. The molecular formula is C11H13BrN2. The first-order valence-electron chi connectivity index (χ1n) is 4.53. The Labute approximate surface area is 93.1 Å². The molecule has 0 spiro atoms. The second-order valence-corrected chi connectivity index (χ2v) is 4.18. The monoisotopic (exact) mass is 252 g/mol. The molecular weight excluding hydrogens is 240 g/mol. The molecule has 1 rings (SSSR count). The van der Waals surface area contributed by atoms with Gasteiger partial charge in [0.1, 0.15) is 0 Å². The molecule has 0 saturated heterocycles. The number of halogens is 1. The van der Waals surface area contributed by atoms with Gasteiger partial charge in [-0.25, -0.2) is 0 Å². The summed E-state index contributed by atoms with van der Waals surface area (Å²) in [6, 6.07) is 8.20. The first kappa shape index (κ1) is 11.1. The van der Waals surface area contributed by atoms with Crippen LogP contribution in [0.15, 0.2) is 22.7 Å². The first-order chi connectivity index (χ1) is 6.65. The molecule has 0 aliphatic rings. The van der Waals surface area contributed by atoms with Crippen LogP contribution in [0, 0.1) is 24.2 Å². The third-order valence-electron chi connectivity index (χ3n) is 2.09. The lowest BCUT2D eigenvalue weighted by atomic mass is 10.1. The van der Waals surface area contributed by atoms with Gasteiger partial charge in [0.2, 0.25) is 0 Å². The Morgan fingerprint density at radius 3 is 2.93 bits per heavy atom. The minimum atomic E-state index is 0.0355. The third-order valence-corrected chi connectivity index (χ3v) is 2.95. The quantitative estimate of drug-likeness (QED) is 0.896. The Balaban J connectivity index is 2.69. The Hall–Kier alpha value is -1.01. The highest BCUT2D eigenvalue weighted by Crippen LogP contribution is 2.23. The molecule has 0 radical (unpaired) electrons. The van der Waals surface area contributed by atoms with E-state index in [0.29, 0.717) is 6.54 Å². The van der Waals surface area contributed by atoms with Crippen LogP contribution in [0.2, 0.25) is 0 Å². The maximum Gasteiger partial charge on any atom is 0.0671 e. The predicted octanol–water partition coefficient (Wildman–Crippen LogP) is 3.33. The normalized spacial score (nSPS) is 11.9. The van der Waals surface area contributed by atoms with Crippen molar-refractivity contribution in [2.75, 3.05) is 11.9 Å². The summed E-state index contributed by atoms with van der Waals surface area (Å²) in [6.45, 7) is 4.64. The Bertz CT molecular complexity index is 355. The number of rotatable bonds is 3. The summed E-state index contributed by atoms with van der Waals surface area (Å²) >= 11 is 3.47. The van der Waals surface area contributed by atoms with Crippen LogP contribution in [0.4, 0.5) is 5.69 Å². The van der Waals surface area contributed by atoms with Gasteiger partial charge in [-0.05, 0) is 31.5 Å². The van der Waals surface area contributed by atoms with Crippen molar-refractivity contribution < 1.29 is 0 Å². The van der Waals surface area contributed by atoms with Gasteiger partial charge in [0.25, 0.3) is 0 Å². The smallest absolute Gasteiger partial charge is 0.0671 e. The average molecular weight is 253 g/mol. The minimum absolute atomic E-state index is 0.0355. The van der Waals surface area contributed by atoms with Crippen LogP contribution >= 0.6 is 15.9 Å². The molecule has 0 aliphatic carbocycles. The molecule has 14 heavy (non-hydrogen) atoms. The highest BCUT2D eigenvalue weighted by molar-refractivity contribution is 9.10. The van der Waals surface area contributed by atoms with E-state index in [9.17, 15) is 0 Å². The highest BCUT2D eigenvalue weighted by Gasteiger charge is 2.03. The molecule has 3 heteroatoms. The summed E-state index contributed by atoms with van der Waals surface area (Å²) in [5.74, 6) is 0.0355. The fourth-order valence-corrected chi connectivity index (χ4v) is 1.47. The number of hydrogen-bond acceptors (Lipinski definition) is 2. The third kappa shape index (κ3) is 2.74. The molecule has 0 heterocycles. The zero-order chi connectivity index (χ0) is 10.6. The molecule has 0 saturated carbocycles. The van der Waals surface area contributed by atoms with E-state index in [2.05, 4.69) is 27.3 Å². The number of nitriles is 1. The van der Waals surface area contributed by atoms with E-state index >= 15 is 0 Å². The van der Waals surface area contributed by atoms with Gasteiger partial charge in [-0.2, -0.15) is 5.26 Å². The highest BCUT2D eigenvalue weighted by atomic mass is 79.9. The van der Waals surface area contributed by atoms with E-state index in [4.69, 9.17) is 5.26 Å². The zero-order valence-electron chi connectivity index (χ0n) is 8.34. The van der Waals surface area contributed by atoms with Crippen molar-refractivity contribution >= 4 is 21.6 Å². The van der Waals surface area contributed by atoms with Crippen molar-refractivity contribution in [1.82, 2.24) is 0 Å². The van der Waals surface area contributed by atoms with E-state index in [0.717, 1.165) is 10.2 Å². The van der Waals surface area contributed by atoms with Gasteiger partial charge in [-0.3, -0.25) is 0 Å². The van der Waals surface area contributed by atoms with Crippen LogP contribution in [0.25, 0.3) is 0 Å². The Kier molecular flexibility index (Phi) is 3.97. The van der Waals surface area contributed by atoms with E-state index in [1.54, 1.807) is 0 Å². The second-order valence-electron chi connectivity index (χ2n) is 3.32. The van der Waals surface area contributed by atoms with E-state index in [-0.39, 0.29) is 5.92 Å². The van der Waals surface area contributed by atoms with Crippen molar-refractivity contribution in [3.8, 4) is 6.07 Å². The van der Waals surface area contributed by atoms with E-state index in [1.807, 2.05) is 32.0 Å².